The van der Waals surface area contributed by atoms with E-state index in [0.29, 0.717) is 31.2 Å². The molecule has 1 aliphatic rings. The zero-order valence-electron chi connectivity index (χ0n) is 14.8. The van der Waals surface area contributed by atoms with Crippen LogP contribution in [0.15, 0.2) is 35.1 Å². The minimum Gasteiger partial charge on any atom is -0.493 e. The van der Waals surface area contributed by atoms with E-state index in [2.05, 4.69) is 5.32 Å². The molecular formula is C20H26N2O3. The van der Waals surface area contributed by atoms with Gasteiger partial charge in [-0.2, -0.15) is 0 Å². The molecular weight excluding hydrogens is 316 g/mol. The van der Waals surface area contributed by atoms with Crippen LogP contribution in [-0.4, -0.2) is 23.1 Å². The molecule has 0 unspecified atom stereocenters. The van der Waals surface area contributed by atoms with Crippen molar-refractivity contribution in [3.63, 3.8) is 0 Å². The molecule has 0 aliphatic heterocycles. The molecule has 1 aromatic heterocycles. The van der Waals surface area contributed by atoms with E-state index in [-0.39, 0.29) is 11.5 Å². The minimum absolute atomic E-state index is 0.0938. The van der Waals surface area contributed by atoms with Crippen molar-refractivity contribution in [2.45, 2.75) is 51.0 Å². The van der Waals surface area contributed by atoms with E-state index in [1.807, 2.05) is 24.3 Å². The highest BCUT2D eigenvalue weighted by Crippen LogP contribution is 2.23. The average molecular weight is 342 g/mol. The zero-order valence-corrected chi connectivity index (χ0v) is 14.8. The average Bonchev–Trinajstić information content (AvgIpc) is 2.63. The number of nitrogens with one attached hydrogen (secondary N) is 1. The Hall–Kier alpha value is -2.30. The minimum atomic E-state index is -0.0938. The van der Waals surface area contributed by atoms with Crippen molar-refractivity contribution < 1.29 is 9.53 Å². The second kappa shape index (κ2) is 8.19. The van der Waals surface area contributed by atoms with Crippen LogP contribution in [0.2, 0.25) is 0 Å². The summed E-state index contributed by atoms with van der Waals surface area (Å²) in [5, 5.41) is 4.03. The van der Waals surface area contributed by atoms with E-state index >= 15 is 0 Å². The number of para-hydroxylation sites is 1. The van der Waals surface area contributed by atoms with Crippen molar-refractivity contribution in [3.8, 4) is 5.75 Å². The van der Waals surface area contributed by atoms with Gasteiger partial charge in [0.05, 0.1) is 12.1 Å². The second-order valence-corrected chi connectivity index (χ2v) is 6.78. The summed E-state index contributed by atoms with van der Waals surface area (Å²) in [5.41, 5.74) is 0.754. The highest BCUT2D eigenvalue weighted by atomic mass is 16.5. The van der Waals surface area contributed by atoms with E-state index in [4.69, 9.17) is 4.74 Å². The van der Waals surface area contributed by atoms with E-state index in [0.717, 1.165) is 23.7 Å². The Morgan fingerprint density at radius 2 is 2.00 bits per heavy atom. The molecule has 1 fully saturated rings. The third kappa shape index (κ3) is 4.41. The maximum atomic E-state index is 12.0. The Labute approximate surface area is 148 Å². The number of pyridine rings is 1. The fourth-order valence-corrected chi connectivity index (χ4v) is 3.46. The number of hydrogen-bond acceptors (Lipinski definition) is 3. The summed E-state index contributed by atoms with van der Waals surface area (Å²) in [7, 11) is 1.75. The first kappa shape index (κ1) is 17.5. The lowest BCUT2D eigenvalue weighted by atomic mass is 9.95. The summed E-state index contributed by atoms with van der Waals surface area (Å²) < 4.78 is 7.41. The molecule has 0 radical (unpaired) electrons. The number of carbonyl (C=O) groups excluding carboxylic acids is 1. The monoisotopic (exact) mass is 342 g/mol. The SMILES string of the molecule is Cn1c(=O)cc(OCCCC(=O)NC2CCCCC2)c2ccccc21. The van der Waals surface area contributed by atoms with Gasteiger partial charge in [-0.15, -0.1) is 0 Å². The van der Waals surface area contributed by atoms with Crippen molar-refractivity contribution >= 4 is 16.8 Å². The lowest BCUT2D eigenvalue weighted by Crippen LogP contribution is -2.36. The molecule has 3 rings (SSSR count). The number of fused-ring (bicyclic) bond motifs is 1. The number of aromatic nitrogens is 1. The molecule has 1 amide bonds. The van der Waals surface area contributed by atoms with Crippen molar-refractivity contribution in [2.75, 3.05) is 6.61 Å². The predicted octanol–water partition coefficient (Wildman–Crippen LogP) is 3.15. The molecule has 5 heteroatoms. The van der Waals surface area contributed by atoms with Gasteiger partial charge in [0.25, 0.3) is 5.56 Å². The van der Waals surface area contributed by atoms with Crippen molar-refractivity contribution in [3.05, 3.63) is 40.7 Å². The van der Waals surface area contributed by atoms with Crippen LogP contribution < -0.4 is 15.6 Å². The van der Waals surface area contributed by atoms with Crippen LogP contribution in [0.3, 0.4) is 0 Å². The van der Waals surface area contributed by atoms with E-state index < -0.39 is 0 Å². The fourth-order valence-electron chi connectivity index (χ4n) is 3.46. The van der Waals surface area contributed by atoms with E-state index in [1.165, 1.54) is 25.3 Å². The third-order valence-corrected chi connectivity index (χ3v) is 4.89. The van der Waals surface area contributed by atoms with Gasteiger partial charge in [0.2, 0.25) is 5.91 Å². The highest BCUT2D eigenvalue weighted by molar-refractivity contribution is 5.85. The molecule has 1 aromatic carbocycles. The maximum absolute atomic E-state index is 12.0. The van der Waals surface area contributed by atoms with Crippen LogP contribution in [0.4, 0.5) is 0 Å². The van der Waals surface area contributed by atoms with E-state index in [1.54, 1.807) is 11.6 Å². The van der Waals surface area contributed by atoms with Gasteiger partial charge in [0, 0.05) is 31.0 Å². The van der Waals surface area contributed by atoms with Crippen molar-refractivity contribution in [2.24, 2.45) is 7.05 Å². The number of benzene rings is 1. The number of carbonyl (C=O) groups is 1. The molecule has 0 bridgehead atoms. The standard InChI is InChI=1S/C20H26N2O3/c1-22-17-11-6-5-10-16(17)18(14-20(22)24)25-13-7-12-19(23)21-15-8-3-2-4-9-15/h5-6,10-11,14-15H,2-4,7-9,12-13H2,1H3,(H,21,23). The van der Waals surface area contributed by atoms with Gasteiger partial charge in [-0.25, -0.2) is 0 Å². The van der Waals surface area contributed by atoms with Gasteiger partial charge < -0.3 is 14.6 Å². The number of hydrogen-bond donors (Lipinski definition) is 1. The molecule has 134 valence electrons. The topological polar surface area (TPSA) is 60.3 Å². The Kier molecular flexibility index (Phi) is 5.74. The summed E-state index contributed by atoms with van der Waals surface area (Å²) in [4.78, 5) is 24.0. The Morgan fingerprint density at radius 3 is 2.80 bits per heavy atom. The van der Waals surface area contributed by atoms with Gasteiger partial charge in [-0.3, -0.25) is 9.59 Å². The zero-order chi connectivity index (χ0) is 17.6. The molecule has 0 spiro atoms. The molecule has 1 heterocycles. The first-order valence-corrected chi connectivity index (χ1v) is 9.16. The fraction of sp³-hybridized carbons (Fsp3) is 0.500. The predicted molar refractivity (Wildman–Crippen MR) is 98.9 cm³/mol. The van der Waals surface area contributed by atoms with Crippen LogP contribution in [0.1, 0.15) is 44.9 Å². The largest absolute Gasteiger partial charge is 0.493 e. The summed E-state index contributed by atoms with van der Waals surface area (Å²) >= 11 is 0. The van der Waals surface area contributed by atoms with Gasteiger partial charge in [0.15, 0.2) is 0 Å². The maximum Gasteiger partial charge on any atom is 0.254 e. The normalized spacial score (nSPS) is 15.2. The molecule has 0 saturated heterocycles. The van der Waals surface area contributed by atoms with Gasteiger partial charge in [0.1, 0.15) is 5.75 Å². The smallest absolute Gasteiger partial charge is 0.254 e. The number of ether oxygens (including phenoxy) is 1. The first-order valence-electron chi connectivity index (χ1n) is 9.16. The quantitative estimate of drug-likeness (QED) is 0.821. The van der Waals surface area contributed by atoms with Gasteiger partial charge >= 0.3 is 0 Å². The Bertz CT molecular complexity index is 791. The van der Waals surface area contributed by atoms with Crippen LogP contribution in [-0.2, 0) is 11.8 Å². The van der Waals surface area contributed by atoms with Gasteiger partial charge in [-0.05, 0) is 31.4 Å². The lowest BCUT2D eigenvalue weighted by molar-refractivity contribution is -0.122. The van der Waals surface area contributed by atoms with Crippen LogP contribution in [0.25, 0.3) is 10.9 Å². The molecule has 2 aromatic rings. The molecule has 1 saturated carbocycles. The molecule has 25 heavy (non-hydrogen) atoms. The van der Waals surface area contributed by atoms with Crippen LogP contribution >= 0.6 is 0 Å². The first-order chi connectivity index (χ1) is 12.1. The number of amides is 1. The van der Waals surface area contributed by atoms with Crippen LogP contribution in [0, 0.1) is 0 Å². The Balaban J connectivity index is 1.52. The Morgan fingerprint density at radius 1 is 1.24 bits per heavy atom. The molecule has 0 atom stereocenters. The third-order valence-electron chi connectivity index (χ3n) is 4.89. The molecule has 1 N–H and O–H groups in total. The summed E-state index contributed by atoms with van der Waals surface area (Å²) in [6, 6.07) is 9.55. The number of aryl methyl sites for hydroxylation is 1. The molecule has 1 aliphatic carbocycles. The summed E-state index contributed by atoms with van der Waals surface area (Å²) in [5.74, 6) is 0.690. The summed E-state index contributed by atoms with van der Waals surface area (Å²) in [6.07, 6.45) is 7.00. The van der Waals surface area contributed by atoms with Crippen molar-refractivity contribution in [1.29, 1.82) is 0 Å². The number of nitrogens with zero attached hydrogens (tertiary/aromatic N) is 1. The lowest BCUT2D eigenvalue weighted by Gasteiger charge is -2.22. The second-order valence-electron chi connectivity index (χ2n) is 6.78. The summed E-state index contributed by atoms with van der Waals surface area (Å²) in [6.45, 7) is 0.426. The van der Waals surface area contributed by atoms with Crippen molar-refractivity contribution in [1.82, 2.24) is 9.88 Å². The number of rotatable bonds is 6. The molecule has 5 nitrogen and oxygen atoms in total. The van der Waals surface area contributed by atoms with Gasteiger partial charge in [-0.1, -0.05) is 31.4 Å². The van der Waals surface area contributed by atoms with E-state index in [9.17, 15) is 9.59 Å². The highest BCUT2D eigenvalue weighted by Gasteiger charge is 2.15. The van der Waals surface area contributed by atoms with Crippen LogP contribution in [0.5, 0.6) is 5.75 Å².